The third kappa shape index (κ3) is 4.82. The van der Waals surface area contributed by atoms with Crippen molar-refractivity contribution >= 4 is 47.7 Å². The molecule has 1 aromatic heterocycles. The van der Waals surface area contributed by atoms with Gasteiger partial charge in [-0.25, -0.2) is 5.10 Å². The van der Waals surface area contributed by atoms with Gasteiger partial charge in [-0.05, 0) is 36.0 Å². The van der Waals surface area contributed by atoms with Gasteiger partial charge in [-0.1, -0.05) is 59.6 Å². The smallest absolute Gasteiger partial charge is 0.216 e. The van der Waals surface area contributed by atoms with Gasteiger partial charge >= 0.3 is 0 Å². The molecule has 0 aliphatic carbocycles. The summed E-state index contributed by atoms with van der Waals surface area (Å²) in [5.74, 6) is 0.975. The van der Waals surface area contributed by atoms with Crippen LogP contribution in [0.2, 0.25) is 10.0 Å². The predicted molar refractivity (Wildman–Crippen MR) is 108 cm³/mol. The Morgan fingerprint density at radius 2 is 2.00 bits per heavy atom. The van der Waals surface area contributed by atoms with Gasteiger partial charge in [-0.3, -0.25) is 0 Å². The number of benzene rings is 2. The molecule has 5 nitrogen and oxygen atoms in total. The Labute approximate surface area is 165 Å². The Balaban J connectivity index is 1.70. The highest BCUT2D eigenvalue weighted by Gasteiger charge is 2.08. The fraction of sp³-hybridized carbons (Fsp3) is 0.0556. The number of aromatic amines is 1. The van der Waals surface area contributed by atoms with Crippen LogP contribution in [0.15, 0.2) is 59.7 Å². The van der Waals surface area contributed by atoms with Gasteiger partial charge < -0.3 is 4.74 Å². The van der Waals surface area contributed by atoms with E-state index in [0.29, 0.717) is 26.4 Å². The van der Waals surface area contributed by atoms with E-state index in [1.807, 2.05) is 42.5 Å². The molecule has 0 bridgehead atoms. The number of hydrogen-bond acceptors (Lipinski definition) is 4. The largest absolute Gasteiger partial charge is 0.484 e. The number of allylic oxidation sites excluding steroid dienone is 1. The molecule has 0 spiro atoms. The van der Waals surface area contributed by atoms with Crippen molar-refractivity contribution < 1.29 is 4.74 Å². The summed E-state index contributed by atoms with van der Waals surface area (Å²) in [6, 6.07) is 14.9. The first-order valence-electron chi connectivity index (χ1n) is 7.64. The van der Waals surface area contributed by atoms with Gasteiger partial charge in [-0.2, -0.15) is 14.9 Å². The van der Waals surface area contributed by atoms with Crippen molar-refractivity contribution in [1.29, 1.82) is 0 Å². The van der Waals surface area contributed by atoms with Gasteiger partial charge in [0.25, 0.3) is 0 Å². The van der Waals surface area contributed by atoms with E-state index in [9.17, 15) is 0 Å². The summed E-state index contributed by atoms with van der Waals surface area (Å²) in [6.45, 7) is 0.132. The molecule has 26 heavy (non-hydrogen) atoms. The number of nitrogens with zero attached hydrogens (tertiary/aromatic N) is 3. The molecule has 8 heteroatoms. The summed E-state index contributed by atoms with van der Waals surface area (Å²) >= 11 is 17.2. The molecule has 3 aromatic rings. The first-order chi connectivity index (χ1) is 12.6. The van der Waals surface area contributed by atoms with Crippen LogP contribution >= 0.6 is 35.4 Å². The van der Waals surface area contributed by atoms with Crippen molar-refractivity contribution in [2.45, 2.75) is 6.61 Å². The molecule has 132 valence electrons. The minimum absolute atomic E-state index is 0.132. The summed E-state index contributed by atoms with van der Waals surface area (Å²) in [7, 11) is 0. The third-order valence-corrected chi connectivity index (χ3v) is 4.14. The van der Waals surface area contributed by atoms with Crippen LogP contribution in [0.4, 0.5) is 0 Å². The minimum atomic E-state index is 0.132. The highest BCUT2D eigenvalue weighted by molar-refractivity contribution is 7.71. The fourth-order valence-electron chi connectivity index (χ4n) is 2.09. The molecule has 0 radical (unpaired) electrons. The maximum absolute atomic E-state index is 6.09. The maximum Gasteiger partial charge on any atom is 0.216 e. The van der Waals surface area contributed by atoms with E-state index in [2.05, 4.69) is 15.3 Å². The molecule has 0 amide bonds. The Kier molecular flexibility index (Phi) is 6.22. The van der Waals surface area contributed by atoms with E-state index in [1.54, 1.807) is 24.4 Å². The second kappa shape index (κ2) is 8.80. The molecule has 1 N–H and O–H groups in total. The van der Waals surface area contributed by atoms with Crippen LogP contribution in [0, 0.1) is 4.77 Å². The zero-order chi connectivity index (χ0) is 18.4. The van der Waals surface area contributed by atoms with Gasteiger partial charge in [0.15, 0.2) is 5.82 Å². The first kappa shape index (κ1) is 18.4. The number of halogens is 2. The predicted octanol–water partition coefficient (Wildman–Crippen LogP) is 5.37. The van der Waals surface area contributed by atoms with Crippen LogP contribution < -0.4 is 4.74 Å². The van der Waals surface area contributed by atoms with Crippen LogP contribution in [0.1, 0.15) is 11.4 Å². The van der Waals surface area contributed by atoms with Gasteiger partial charge in [0.1, 0.15) is 12.4 Å². The lowest BCUT2D eigenvalue weighted by Gasteiger charge is -2.07. The van der Waals surface area contributed by atoms with Crippen LogP contribution in [-0.4, -0.2) is 21.1 Å². The summed E-state index contributed by atoms with van der Waals surface area (Å²) < 4.78 is 7.53. The molecule has 0 aliphatic rings. The minimum Gasteiger partial charge on any atom is -0.484 e. The van der Waals surface area contributed by atoms with Crippen molar-refractivity contribution in [1.82, 2.24) is 14.9 Å². The summed E-state index contributed by atoms with van der Waals surface area (Å²) in [4.78, 5) is 0. The standard InChI is InChI=1S/C18H14Cl2N4OS/c19-14-8-9-15(20)16(11-14)25-12-17-22-23-18(26)24(17)21-10-4-7-13-5-2-1-3-6-13/h1-11H,12H2,(H,23,26)/b7-4+,21-10-. The lowest BCUT2D eigenvalue weighted by molar-refractivity contribution is 0.291. The van der Waals surface area contributed by atoms with Gasteiger partial charge in [0.2, 0.25) is 4.77 Å². The number of ether oxygens (including phenoxy) is 1. The Morgan fingerprint density at radius 3 is 2.81 bits per heavy atom. The monoisotopic (exact) mass is 404 g/mol. The highest BCUT2D eigenvalue weighted by Crippen LogP contribution is 2.28. The van der Waals surface area contributed by atoms with Gasteiger partial charge in [0, 0.05) is 17.3 Å². The first-order valence-corrected chi connectivity index (χ1v) is 8.80. The van der Waals surface area contributed by atoms with E-state index in [4.69, 9.17) is 40.2 Å². The summed E-state index contributed by atoms with van der Waals surface area (Å²) in [5, 5.41) is 12.1. The summed E-state index contributed by atoms with van der Waals surface area (Å²) in [5.41, 5.74) is 1.08. The SMILES string of the molecule is S=c1[nH]nc(COc2cc(Cl)ccc2Cl)n1/N=C\C=C\c1ccccc1. The fourth-order valence-corrected chi connectivity index (χ4v) is 2.62. The van der Waals surface area contributed by atoms with Gasteiger partial charge in [-0.15, -0.1) is 0 Å². The zero-order valence-corrected chi connectivity index (χ0v) is 15.8. The normalized spacial score (nSPS) is 11.5. The lowest BCUT2D eigenvalue weighted by atomic mass is 10.2. The molecule has 0 aliphatic heterocycles. The Morgan fingerprint density at radius 1 is 1.19 bits per heavy atom. The van der Waals surface area contributed by atoms with Crippen LogP contribution in [-0.2, 0) is 6.61 Å². The molecule has 0 unspecified atom stereocenters. The van der Waals surface area contributed by atoms with Crippen molar-refractivity contribution in [3.8, 4) is 5.75 Å². The highest BCUT2D eigenvalue weighted by atomic mass is 35.5. The molecular formula is C18H14Cl2N4OS. The van der Waals surface area contributed by atoms with E-state index in [-0.39, 0.29) is 6.61 Å². The second-order valence-electron chi connectivity index (χ2n) is 5.15. The third-order valence-electron chi connectivity index (χ3n) is 3.32. The maximum atomic E-state index is 6.09. The Hall–Kier alpha value is -2.41. The van der Waals surface area contributed by atoms with Crippen molar-refractivity contribution in [3.63, 3.8) is 0 Å². The van der Waals surface area contributed by atoms with E-state index < -0.39 is 0 Å². The molecule has 0 saturated carbocycles. The number of nitrogens with one attached hydrogen (secondary N) is 1. The topological polar surface area (TPSA) is 55.2 Å². The quantitative estimate of drug-likeness (QED) is 0.443. The molecule has 0 fully saturated rings. The number of rotatable bonds is 6. The average molecular weight is 405 g/mol. The average Bonchev–Trinajstić information content (AvgIpc) is 3.00. The Bertz CT molecular complexity index is 996. The molecule has 0 saturated heterocycles. The molecule has 3 rings (SSSR count). The molecule has 1 heterocycles. The van der Waals surface area contributed by atoms with Crippen LogP contribution in [0.25, 0.3) is 6.08 Å². The van der Waals surface area contributed by atoms with Crippen molar-refractivity contribution in [3.05, 3.63) is 80.8 Å². The zero-order valence-electron chi connectivity index (χ0n) is 13.5. The lowest BCUT2D eigenvalue weighted by Crippen LogP contribution is -2.04. The molecule has 0 atom stereocenters. The molecule has 2 aromatic carbocycles. The van der Waals surface area contributed by atoms with Crippen LogP contribution in [0.5, 0.6) is 5.75 Å². The second-order valence-corrected chi connectivity index (χ2v) is 6.38. The number of hydrogen-bond donors (Lipinski definition) is 1. The number of aromatic nitrogens is 3. The van der Waals surface area contributed by atoms with E-state index in [0.717, 1.165) is 5.56 Å². The van der Waals surface area contributed by atoms with Crippen molar-refractivity contribution in [2.75, 3.05) is 0 Å². The number of H-pyrrole nitrogens is 1. The van der Waals surface area contributed by atoms with Crippen LogP contribution in [0.3, 0.4) is 0 Å². The van der Waals surface area contributed by atoms with Crippen molar-refractivity contribution in [2.24, 2.45) is 5.10 Å². The van der Waals surface area contributed by atoms with E-state index in [1.165, 1.54) is 4.68 Å². The summed E-state index contributed by atoms with van der Waals surface area (Å²) in [6.07, 6.45) is 5.39. The molecular weight excluding hydrogens is 391 g/mol. The van der Waals surface area contributed by atoms with Gasteiger partial charge in [0.05, 0.1) is 5.02 Å². The van der Waals surface area contributed by atoms with E-state index >= 15 is 0 Å².